The molecular formula is C20H20F5N3S. The maximum absolute atomic E-state index is 13.8. The molecule has 3 N–H and O–H groups in total. The summed E-state index contributed by atoms with van der Waals surface area (Å²) in [6.45, 7) is 0.640. The average Bonchev–Trinajstić information content (AvgIpc) is 2.74. The SMILES string of the molecule is Fc1c(F)c(F)c(NC(=S)N[C@@H]2CCCC[C@H]2NCc2ccccc2)c(F)c1F. The fourth-order valence-electron chi connectivity index (χ4n) is 3.43. The van der Waals surface area contributed by atoms with E-state index in [1.165, 1.54) is 0 Å². The zero-order chi connectivity index (χ0) is 21.0. The molecule has 0 amide bonds. The van der Waals surface area contributed by atoms with Crippen LogP contribution in [0.3, 0.4) is 0 Å². The van der Waals surface area contributed by atoms with Gasteiger partial charge in [-0.3, -0.25) is 0 Å². The lowest BCUT2D eigenvalue weighted by molar-refractivity contribution is 0.308. The highest BCUT2D eigenvalue weighted by atomic mass is 32.1. The molecule has 0 unspecified atom stereocenters. The first-order chi connectivity index (χ1) is 13.9. The van der Waals surface area contributed by atoms with Gasteiger partial charge in [-0.05, 0) is 30.6 Å². The van der Waals surface area contributed by atoms with Crippen LogP contribution in [0.25, 0.3) is 0 Å². The standard InChI is InChI=1S/C20H20F5N3S/c21-14-15(22)17(24)19(18(25)16(14)23)28-20(29)27-13-9-5-4-8-12(13)26-10-11-6-2-1-3-7-11/h1-3,6-7,12-13,26H,4-5,8-10H2,(H2,27,28,29)/t12-,13-/m1/s1. The second-order valence-corrected chi connectivity index (χ2v) is 7.32. The Labute approximate surface area is 170 Å². The van der Waals surface area contributed by atoms with E-state index in [4.69, 9.17) is 12.2 Å². The second-order valence-electron chi connectivity index (χ2n) is 6.91. The summed E-state index contributed by atoms with van der Waals surface area (Å²) in [6.07, 6.45) is 3.58. The van der Waals surface area contributed by atoms with Crippen molar-refractivity contribution in [3.05, 3.63) is 65.0 Å². The quantitative estimate of drug-likeness (QED) is 0.277. The van der Waals surface area contributed by atoms with Gasteiger partial charge >= 0.3 is 0 Å². The van der Waals surface area contributed by atoms with Crippen LogP contribution in [0, 0.1) is 29.1 Å². The summed E-state index contributed by atoms with van der Waals surface area (Å²) in [5.41, 5.74) is -0.0533. The molecule has 156 valence electrons. The molecule has 1 aliphatic carbocycles. The Balaban J connectivity index is 1.66. The van der Waals surface area contributed by atoms with Crippen molar-refractivity contribution in [1.29, 1.82) is 0 Å². The summed E-state index contributed by atoms with van der Waals surface area (Å²) in [7, 11) is 0. The highest BCUT2D eigenvalue weighted by Gasteiger charge is 2.28. The molecular weight excluding hydrogens is 409 g/mol. The van der Waals surface area contributed by atoms with Gasteiger partial charge in [-0.2, -0.15) is 0 Å². The summed E-state index contributed by atoms with van der Waals surface area (Å²) in [6, 6.07) is 9.70. The Kier molecular flexibility index (Phi) is 7.02. The van der Waals surface area contributed by atoms with Crippen LogP contribution in [-0.2, 0) is 6.54 Å². The lowest BCUT2D eigenvalue weighted by atomic mass is 9.90. The number of thiocarbonyl (C=S) groups is 1. The molecule has 2 aromatic rings. The van der Waals surface area contributed by atoms with Gasteiger partial charge in [-0.25, -0.2) is 22.0 Å². The second kappa shape index (κ2) is 9.49. The number of nitrogens with one attached hydrogen (secondary N) is 3. The van der Waals surface area contributed by atoms with Gasteiger partial charge in [0, 0.05) is 18.6 Å². The Bertz CT molecular complexity index is 849. The third kappa shape index (κ3) is 5.02. The van der Waals surface area contributed by atoms with Crippen LogP contribution in [0.1, 0.15) is 31.2 Å². The van der Waals surface area contributed by atoms with Crippen LogP contribution in [-0.4, -0.2) is 17.2 Å². The normalized spacial score (nSPS) is 19.1. The number of hydrogen-bond acceptors (Lipinski definition) is 2. The third-order valence-corrected chi connectivity index (χ3v) is 5.16. The monoisotopic (exact) mass is 429 g/mol. The van der Waals surface area contributed by atoms with E-state index in [9.17, 15) is 22.0 Å². The molecule has 29 heavy (non-hydrogen) atoms. The molecule has 1 saturated carbocycles. The Morgan fingerprint density at radius 3 is 2.00 bits per heavy atom. The van der Waals surface area contributed by atoms with Gasteiger partial charge in [0.25, 0.3) is 0 Å². The van der Waals surface area contributed by atoms with Crippen molar-refractivity contribution in [2.24, 2.45) is 0 Å². The molecule has 0 saturated heterocycles. The molecule has 2 atom stereocenters. The molecule has 9 heteroatoms. The van der Waals surface area contributed by atoms with E-state index in [1.807, 2.05) is 30.3 Å². The fraction of sp³-hybridized carbons (Fsp3) is 0.350. The van der Waals surface area contributed by atoms with Crippen molar-refractivity contribution in [1.82, 2.24) is 10.6 Å². The van der Waals surface area contributed by atoms with Crippen molar-refractivity contribution < 1.29 is 22.0 Å². The van der Waals surface area contributed by atoms with Crippen molar-refractivity contribution >= 4 is 23.0 Å². The minimum atomic E-state index is -2.21. The van der Waals surface area contributed by atoms with Gasteiger partial charge < -0.3 is 16.0 Å². The zero-order valence-electron chi connectivity index (χ0n) is 15.4. The van der Waals surface area contributed by atoms with Crippen LogP contribution < -0.4 is 16.0 Å². The smallest absolute Gasteiger partial charge is 0.200 e. The van der Waals surface area contributed by atoms with E-state index in [2.05, 4.69) is 16.0 Å². The predicted octanol–water partition coefficient (Wildman–Crippen LogP) is 4.77. The Morgan fingerprint density at radius 1 is 0.828 bits per heavy atom. The molecule has 0 radical (unpaired) electrons. The molecule has 3 nitrogen and oxygen atoms in total. The number of anilines is 1. The zero-order valence-corrected chi connectivity index (χ0v) is 16.2. The molecule has 0 heterocycles. The van der Waals surface area contributed by atoms with Crippen molar-refractivity contribution in [2.45, 2.75) is 44.3 Å². The van der Waals surface area contributed by atoms with Gasteiger partial charge in [0.2, 0.25) is 5.82 Å². The third-order valence-electron chi connectivity index (χ3n) is 4.94. The van der Waals surface area contributed by atoms with E-state index < -0.39 is 34.8 Å². The van der Waals surface area contributed by atoms with Crippen LogP contribution in [0.2, 0.25) is 0 Å². The van der Waals surface area contributed by atoms with Crippen LogP contribution >= 0.6 is 12.2 Å². The lowest BCUT2D eigenvalue weighted by Crippen LogP contribution is -2.52. The first-order valence-electron chi connectivity index (χ1n) is 9.24. The first kappa shape index (κ1) is 21.4. The van der Waals surface area contributed by atoms with E-state index in [0.717, 1.165) is 31.2 Å². The average molecular weight is 429 g/mol. The molecule has 3 rings (SSSR count). The minimum Gasteiger partial charge on any atom is -0.358 e. The van der Waals surface area contributed by atoms with E-state index in [0.29, 0.717) is 6.54 Å². The molecule has 2 aromatic carbocycles. The molecule has 1 fully saturated rings. The van der Waals surface area contributed by atoms with E-state index in [1.54, 1.807) is 0 Å². The summed E-state index contributed by atoms with van der Waals surface area (Å²) in [5, 5.41) is 8.31. The number of hydrogen-bond donors (Lipinski definition) is 3. The van der Waals surface area contributed by atoms with E-state index >= 15 is 0 Å². The minimum absolute atomic E-state index is 0.0418. The first-order valence-corrected chi connectivity index (χ1v) is 9.65. The number of rotatable bonds is 5. The fourth-order valence-corrected chi connectivity index (χ4v) is 3.68. The number of halogens is 5. The summed E-state index contributed by atoms with van der Waals surface area (Å²) in [4.78, 5) is 0. The Morgan fingerprint density at radius 2 is 1.38 bits per heavy atom. The van der Waals surface area contributed by atoms with Crippen LogP contribution in [0.15, 0.2) is 30.3 Å². The van der Waals surface area contributed by atoms with Crippen LogP contribution in [0.5, 0.6) is 0 Å². The van der Waals surface area contributed by atoms with Gasteiger partial charge in [-0.1, -0.05) is 43.2 Å². The summed E-state index contributed by atoms with van der Waals surface area (Å²) < 4.78 is 67.6. The molecule has 0 spiro atoms. The molecule has 0 aromatic heterocycles. The van der Waals surface area contributed by atoms with Crippen LogP contribution in [0.4, 0.5) is 27.6 Å². The maximum atomic E-state index is 13.8. The summed E-state index contributed by atoms with van der Waals surface area (Å²) in [5.74, 6) is -10.1. The van der Waals surface area contributed by atoms with E-state index in [-0.39, 0.29) is 17.2 Å². The van der Waals surface area contributed by atoms with Crippen molar-refractivity contribution in [2.75, 3.05) is 5.32 Å². The van der Waals surface area contributed by atoms with Gasteiger partial charge in [0.15, 0.2) is 28.4 Å². The lowest BCUT2D eigenvalue weighted by Gasteiger charge is -2.34. The topological polar surface area (TPSA) is 36.1 Å². The molecule has 0 aliphatic heterocycles. The van der Waals surface area contributed by atoms with Gasteiger partial charge in [0.05, 0.1) is 0 Å². The van der Waals surface area contributed by atoms with Crippen molar-refractivity contribution in [3.63, 3.8) is 0 Å². The maximum Gasteiger partial charge on any atom is 0.200 e. The van der Waals surface area contributed by atoms with Gasteiger partial charge in [-0.15, -0.1) is 0 Å². The molecule has 1 aliphatic rings. The number of benzene rings is 2. The highest BCUT2D eigenvalue weighted by Crippen LogP contribution is 2.27. The van der Waals surface area contributed by atoms with Crippen molar-refractivity contribution in [3.8, 4) is 0 Å². The summed E-state index contributed by atoms with van der Waals surface area (Å²) >= 11 is 5.06. The largest absolute Gasteiger partial charge is 0.358 e. The highest BCUT2D eigenvalue weighted by molar-refractivity contribution is 7.80. The van der Waals surface area contributed by atoms with Gasteiger partial charge in [0.1, 0.15) is 5.69 Å². The molecule has 0 bridgehead atoms. The Hall–Kier alpha value is -2.26. The predicted molar refractivity (Wildman–Crippen MR) is 105 cm³/mol.